The summed E-state index contributed by atoms with van der Waals surface area (Å²) < 4.78 is 5.49. The number of halogens is 2. The van der Waals surface area contributed by atoms with Crippen LogP contribution >= 0.6 is 46.5 Å². The van der Waals surface area contributed by atoms with E-state index in [1.165, 1.54) is 23.3 Å². The third-order valence-electron chi connectivity index (χ3n) is 1.48. The average molecular weight is 239 g/mol. The highest BCUT2D eigenvalue weighted by Crippen LogP contribution is 2.49. The molecule has 1 aliphatic heterocycles. The second kappa shape index (κ2) is 3.10. The van der Waals surface area contributed by atoms with Crippen LogP contribution in [0.3, 0.4) is 0 Å². The largest absolute Gasteiger partial charge is 0.332 e. The van der Waals surface area contributed by atoms with Gasteiger partial charge in [0, 0.05) is 19.0 Å². The molecule has 2 heterocycles. The van der Waals surface area contributed by atoms with Gasteiger partial charge in [-0.3, -0.25) is 0 Å². The summed E-state index contributed by atoms with van der Waals surface area (Å²) in [5.41, 5.74) is 0.965. The van der Waals surface area contributed by atoms with Gasteiger partial charge in [0.15, 0.2) is 0 Å². The van der Waals surface area contributed by atoms with Crippen LogP contribution in [0.25, 0.3) is 0 Å². The SMILES string of the molecule is CN1C=NSc2c(Cl)sc(Cl)c21. The molecule has 0 atom stereocenters. The zero-order chi connectivity index (χ0) is 8.72. The standard InChI is InChI=1S/C6H4Cl2N2S2/c1-10-2-9-12-4-3(10)5(7)11-6(4)8/h2H,1H3. The van der Waals surface area contributed by atoms with Crippen molar-refractivity contribution in [2.75, 3.05) is 11.9 Å². The highest BCUT2D eigenvalue weighted by atomic mass is 35.5. The maximum atomic E-state index is 5.98. The van der Waals surface area contributed by atoms with E-state index in [-0.39, 0.29) is 0 Å². The van der Waals surface area contributed by atoms with E-state index in [0.717, 1.165) is 14.9 Å². The molecular weight excluding hydrogens is 235 g/mol. The maximum absolute atomic E-state index is 5.98. The molecule has 1 aromatic rings. The van der Waals surface area contributed by atoms with Crippen molar-refractivity contribution in [1.82, 2.24) is 0 Å². The van der Waals surface area contributed by atoms with Gasteiger partial charge in [-0.15, -0.1) is 11.3 Å². The van der Waals surface area contributed by atoms with E-state index in [1.54, 1.807) is 6.34 Å². The number of fused-ring (bicyclic) bond motifs is 1. The Bertz CT molecular complexity index is 348. The van der Waals surface area contributed by atoms with Gasteiger partial charge >= 0.3 is 0 Å². The molecule has 2 rings (SSSR count). The molecule has 0 N–H and O–H groups in total. The molecule has 0 unspecified atom stereocenters. The van der Waals surface area contributed by atoms with Crippen LogP contribution in [0, 0.1) is 0 Å². The summed E-state index contributed by atoms with van der Waals surface area (Å²) in [6, 6.07) is 0. The summed E-state index contributed by atoms with van der Waals surface area (Å²) in [5, 5.41) is 0. The molecule has 0 saturated heterocycles. The van der Waals surface area contributed by atoms with Crippen molar-refractivity contribution >= 4 is 58.5 Å². The first kappa shape index (κ1) is 8.69. The maximum Gasteiger partial charge on any atom is 0.119 e. The second-order valence-electron chi connectivity index (χ2n) is 2.25. The van der Waals surface area contributed by atoms with Gasteiger partial charge in [-0.05, 0) is 0 Å². The van der Waals surface area contributed by atoms with E-state index in [4.69, 9.17) is 23.2 Å². The molecule has 1 aromatic heterocycles. The lowest BCUT2D eigenvalue weighted by atomic mass is 10.5. The molecule has 0 fully saturated rings. The zero-order valence-electron chi connectivity index (χ0n) is 6.04. The molecule has 0 bridgehead atoms. The molecule has 0 radical (unpaired) electrons. The normalized spacial score (nSPS) is 15.1. The molecule has 12 heavy (non-hydrogen) atoms. The fourth-order valence-corrected chi connectivity index (χ4v) is 3.69. The Hall–Kier alpha value is 0.1000. The number of anilines is 1. The summed E-state index contributed by atoms with van der Waals surface area (Å²) in [7, 11) is 1.90. The van der Waals surface area contributed by atoms with Crippen LogP contribution in [0.2, 0.25) is 8.67 Å². The van der Waals surface area contributed by atoms with Crippen molar-refractivity contribution in [2.45, 2.75) is 4.90 Å². The van der Waals surface area contributed by atoms with E-state index in [1.807, 2.05) is 11.9 Å². The summed E-state index contributed by atoms with van der Waals surface area (Å²) in [6.45, 7) is 0. The minimum absolute atomic E-state index is 0.712. The second-order valence-corrected chi connectivity index (χ2v) is 5.28. The predicted octanol–water partition coefficient (Wildman–Crippen LogP) is 3.54. The molecular formula is C6H4Cl2N2S2. The van der Waals surface area contributed by atoms with Crippen LogP contribution in [0.4, 0.5) is 5.69 Å². The van der Waals surface area contributed by atoms with E-state index in [2.05, 4.69) is 4.40 Å². The van der Waals surface area contributed by atoms with Crippen LogP contribution in [-0.2, 0) is 0 Å². The Labute approximate surface area is 88.3 Å². The van der Waals surface area contributed by atoms with Gasteiger partial charge in [-0.2, -0.15) is 0 Å². The molecule has 6 heteroatoms. The fourth-order valence-electron chi connectivity index (χ4n) is 0.938. The first-order valence-electron chi connectivity index (χ1n) is 3.11. The van der Waals surface area contributed by atoms with Gasteiger partial charge in [-0.25, -0.2) is 4.40 Å². The highest BCUT2D eigenvalue weighted by Gasteiger charge is 2.21. The van der Waals surface area contributed by atoms with Gasteiger partial charge < -0.3 is 4.90 Å². The first-order valence-corrected chi connectivity index (χ1v) is 5.46. The monoisotopic (exact) mass is 238 g/mol. The lowest BCUT2D eigenvalue weighted by Crippen LogP contribution is -2.16. The number of hydrogen-bond acceptors (Lipinski definition) is 4. The third-order valence-corrected chi connectivity index (χ3v) is 4.08. The summed E-state index contributed by atoms with van der Waals surface area (Å²) in [4.78, 5) is 2.83. The van der Waals surface area contributed by atoms with E-state index in [9.17, 15) is 0 Å². The third kappa shape index (κ3) is 1.23. The molecule has 0 spiro atoms. The van der Waals surface area contributed by atoms with Crippen molar-refractivity contribution in [3.63, 3.8) is 0 Å². The lowest BCUT2D eigenvalue weighted by molar-refractivity contribution is 1.25. The minimum Gasteiger partial charge on any atom is -0.332 e. The van der Waals surface area contributed by atoms with Crippen molar-refractivity contribution in [1.29, 1.82) is 0 Å². The van der Waals surface area contributed by atoms with E-state index in [0.29, 0.717) is 4.34 Å². The molecule has 64 valence electrons. The van der Waals surface area contributed by atoms with E-state index >= 15 is 0 Å². The van der Waals surface area contributed by atoms with Crippen LogP contribution in [0.1, 0.15) is 0 Å². The average Bonchev–Trinajstić information content (AvgIpc) is 2.29. The fraction of sp³-hybridized carbons (Fsp3) is 0.167. The first-order chi connectivity index (χ1) is 5.70. The molecule has 0 aliphatic carbocycles. The van der Waals surface area contributed by atoms with Gasteiger partial charge in [0.1, 0.15) is 15.0 Å². The van der Waals surface area contributed by atoms with Crippen molar-refractivity contribution in [2.24, 2.45) is 4.40 Å². The van der Waals surface area contributed by atoms with Crippen molar-refractivity contribution in [3.8, 4) is 0 Å². The topological polar surface area (TPSA) is 15.6 Å². The van der Waals surface area contributed by atoms with Gasteiger partial charge in [0.2, 0.25) is 0 Å². The Kier molecular flexibility index (Phi) is 2.25. The number of hydrogen-bond donors (Lipinski definition) is 0. The van der Waals surface area contributed by atoms with Crippen LogP contribution in [0.15, 0.2) is 9.29 Å². The quantitative estimate of drug-likeness (QED) is 0.643. The Balaban J connectivity index is 2.60. The summed E-state index contributed by atoms with van der Waals surface area (Å²) in [5.74, 6) is 0. The number of nitrogens with zero attached hydrogens (tertiary/aromatic N) is 2. The zero-order valence-corrected chi connectivity index (χ0v) is 9.19. The van der Waals surface area contributed by atoms with Crippen LogP contribution in [-0.4, -0.2) is 13.4 Å². The van der Waals surface area contributed by atoms with Crippen LogP contribution in [0.5, 0.6) is 0 Å². The summed E-state index contributed by atoms with van der Waals surface area (Å²) >= 11 is 14.7. The highest BCUT2D eigenvalue weighted by molar-refractivity contribution is 7.98. The van der Waals surface area contributed by atoms with Crippen molar-refractivity contribution in [3.05, 3.63) is 8.67 Å². The Morgan fingerprint density at radius 1 is 1.42 bits per heavy atom. The number of rotatable bonds is 0. The molecule has 1 aliphatic rings. The molecule has 0 aromatic carbocycles. The van der Waals surface area contributed by atoms with E-state index < -0.39 is 0 Å². The molecule has 0 saturated carbocycles. The lowest BCUT2D eigenvalue weighted by Gasteiger charge is -2.17. The van der Waals surface area contributed by atoms with Gasteiger partial charge in [-0.1, -0.05) is 23.2 Å². The van der Waals surface area contributed by atoms with Crippen LogP contribution < -0.4 is 4.90 Å². The van der Waals surface area contributed by atoms with Gasteiger partial charge in [0.05, 0.1) is 10.6 Å². The molecule has 0 amide bonds. The van der Waals surface area contributed by atoms with Gasteiger partial charge in [0.25, 0.3) is 0 Å². The predicted molar refractivity (Wildman–Crippen MR) is 57.1 cm³/mol. The Morgan fingerprint density at radius 2 is 2.17 bits per heavy atom. The Morgan fingerprint density at radius 3 is 2.83 bits per heavy atom. The minimum atomic E-state index is 0.712. The number of thiophene rings is 1. The molecule has 2 nitrogen and oxygen atoms in total. The summed E-state index contributed by atoms with van der Waals surface area (Å²) in [6.07, 6.45) is 1.72. The smallest absolute Gasteiger partial charge is 0.119 e. The van der Waals surface area contributed by atoms with Crippen molar-refractivity contribution < 1.29 is 0 Å².